The molecule has 0 spiro atoms. The zero-order valence-corrected chi connectivity index (χ0v) is 13.3. The molecule has 2 atom stereocenters. The first-order valence-corrected chi connectivity index (χ1v) is 7.90. The van der Waals surface area contributed by atoms with Gasteiger partial charge in [-0.25, -0.2) is 4.98 Å². The third-order valence-corrected chi connectivity index (χ3v) is 4.38. The van der Waals surface area contributed by atoms with Crippen LogP contribution in [-0.4, -0.2) is 43.5 Å². The minimum absolute atomic E-state index is 0.0467. The molecule has 24 heavy (non-hydrogen) atoms. The molecule has 8 heteroatoms. The molecule has 0 aliphatic carbocycles. The quantitative estimate of drug-likeness (QED) is 0.757. The van der Waals surface area contributed by atoms with E-state index in [0.717, 1.165) is 24.1 Å². The predicted octanol–water partition coefficient (Wildman–Crippen LogP) is 1.34. The van der Waals surface area contributed by atoms with E-state index in [0.29, 0.717) is 17.7 Å². The van der Waals surface area contributed by atoms with Gasteiger partial charge in [0.15, 0.2) is 0 Å². The number of amides is 1. The summed E-state index contributed by atoms with van der Waals surface area (Å²) in [4.78, 5) is 16.6. The van der Waals surface area contributed by atoms with Crippen LogP contribution in [0.1, 0.15) is 35.0 Å². The van der Waals surface area contributed by atoms with Gasteiger partial charge in [-0.1, -0.05) is 0 Å². The minimum atomic E-state index is -0.101. The first-order chi connectivity index (χ1) is 11.7. The molecule has 4 rings (SSSR count). The molecule has 1 fully saturated rings. The number of aryl methyl sites for hydroxylation is 1. The summed E-state index contributed by atoms with van der Waals surface area (Å²) in [6.07, 6.45) is 5.06. The summed E-state index contributed by atoms with van der Waals surface area (Å²) in [5, 5.41) is 13.7. The van der Waals surface area contributed by atoms with Crippen LogP contribution in [0.4, 0.5) is 0 Å². The molecule has 0 bridgehead atoms. The van der Waals surface area contributed by atoms with Crippen LogP contribution in [0.2, 0.25) is 0 Å². The number of ether oxygens (including phenoxy) is 1. The van der Waals surface area contributed by atoms with Gasteiger partial charge >= 0.3 is 0 Å². The highest BCUT2D eigenvalue weighted by molar-refractivity contribution is 5.97. The summed E-state index contributed by atoms with van der Waals surface area (Å²) in [7, 11) is 1.95. The largest absolute Gasteiger partial charge is 0.372 e. The first-order valence-electron chi connectivity index (χ1n) is 7.90. The van der Waals surface area contributed by atoms with Gasteiger partial charge in [0.2, 0.25) is 0 Å². The number of hydrogen-bond donors (Lipinski definition) is 2. The Labute approximate surface area is 138 Å². The van der Waals surface area contributed by atoms with E-state index < -0.39 is 0 Å². The standard InChI is InChI=1S/C16H18N6O2/c1-22-9-17-8-14(22)15-7-11(4-5-24-15)18-16(23)10-2-3-12-13(6-10)20-21-19-12/h2-3,6,8-9,11,15H,4-5,7H2,1H3,(H,18,23)(H,19,20,21)/t11-,15+/m0/s1. The van der Waals surface area contributed by atoms with Crippen molar-refractivity contribution in [3.8, 4) is 0 Å². The molecular formula is C16H18N6O2. The van der Waals surface area contributed by atoms with Crippen molar-refractivity contribution in [3.05, 3.63) is 42.0 Å². The number of aromatic nitrogens is 5. The maximum absolute atomic E-state index is 12.5. The normalized spacial score (nSPS) is 21.0. The number of benzene rings is 1. The Morgan fingerprint density at radius 1 is 1.38 bits per heavy atom. The zero-order valence-electron chi connectivity index (χ0n) is 13.3. The second-order valence-corrected chi connectivity index (χ2v) is 6.01. The molecule has 3 aromatic rings. The molecule has 1 amide bonds. The van der Waals surface area contributed by atoms with Gasteiger partial charge in [-0.15, -0.1) is 0 Å². The molecule has 1 aliphatic heterocycles. The highest BCUT2D eigenvalue weighted by Gasteiger charge is 2.27. The van der Waals surface area contributed by atoms with Crippen LogP contribution in [0.3, 0.4) is 0 Å². The maximum atomic E-state index is 12.5. The average molecular weight is 326 g/mol. The second-order valence-electron chi connectivity index (χ2n) is 6.01. The SMILES string of the molecule is Cn1cncc1[C@H]1C[C@@H](NC(=O)c2ccc3n[nH]nc3c2)CCO1. The lowest BCUT2D eigenvalue weighted by Gasteiger charge is -2.30. The summed E-state index contributed by atoms with van der Waals surface area (Å²) in [5.41, 5.74) is 3.04. The third-order valence-electron chi connectivity index (χ3n) is 4.38. The van der Waals surface area contributed by atoms with Crippen molar-refractivity contribution < 1.29 is 9.53 Å². The van der Waals surface area contributed by atoms with E-state index >= 15 is 0 Å². The lowest BCUT2D eigenvalue weighted by Crippen LogP contribution is -2.40. The number of rotatable bonds is 3. The average Bonchev–Trinajstić information content (AvgIpc) is 3.22. The lowest BCUT2D eigenvalue weighted by atomic mass is 10.0. The third kappa shape index (κ3) is 2.76. The number of carbonyl (C=O) groups excluding carboxylic acids is 1. The molecule has 1 aliphatic rings. The summed E-state index contributed by atoms with van der Waals surface area (Å²) < 4.78 is 7.79. The maximum Gasteiger partial charge on any atom is 0.251 e. The zero-order chi connectivity index (χ0) is 16.5. The Bertz CT molecular complexity index is 870. The van der Waals surface area contributed by atoms with Crippen LogP contribution in [-0.2, 0) is 11.8 Å². The topological polar surface area (TPSA) is 97.7 Å². The number of nitrogens with one attached hydrogen (secondary N) is 2. The lowest BCUT2D eigenvalue weighted by molar-refractivity contribution is -0.00301. The number of fused-ring (bicyclic) bond motifs is 1. The number of hydrogen-bond acceptors (Lipinski definition) is 5. The van der Waals surface area contributed by atoms with Gasteiger partial charge in [0.25, 0.3) is 5.91 Å². The second kappa shape index (κ2) is 6.04. The number of H-pyrrole nitrogens is 1. The van der Waals surface area contributed by atoms with Gasteiger partial charge in [0.05, 0.1) is 18.2 Å². The predicted molar refractivity (Wildman–Crippen MR) is 86.3 cm³/mol. The highest BCUT2D eigenvalue weighted by atomic mass is 16.5. The summed E-state index contributed by atoms with van der Waals surface area (Å²) in [6.45, 7) is 0.614. The first kappa shape index (κ1) is 14.8. The molecule has 2 N–H and O–H groups in total. The fourth-order valence-corrected chi connectivity index (χ4v) is 3.06. The van der Waals surface area contributed by atoms with Gasteiger partial charge in [0.1, 0.15) is 17.1 Å². The molecule has 124 valence electrons. The van der Waals surface area contributed by atoms with E-state index in [1.165, 1.54) is 0 Å². The van der Waals surface area contributed by atoms with Gasteiger partial charge in [0, 0.05) is 25.3 Å². The highest BCUT2D eigenvalue weighted by Crippen LogP contribution is 2.27. The van der Waals surface area contributed by atoms with Crippen LogP contribution in [0.25, 0.3) is 11.0 Å². The van der Waals surface area contributed by atoms with Gasteiger partial charge in [-0.3, -0.25) is 4.79 Å². The van der Waals surface area contributed by atoms with Gasteiger partial charge < -0.3 is 14.6 Å². The molecule has 1 aromatic carbocycles. The number of carbonyl (C=O) groups is 1. The van der Waals surface area contributed by atoms with Gasteiger partial charge in [-0.2, -0.15) is 15.4 Å². The van der Waals surface area contributed by atoms with Gasteiger partial charge in [-0.05, 0) is 31.0 Å². The molecule has 0 unspecified atom stereocenters. The molecular weight excluding hydrogens is 308 g/mol. The van der Waals surface area contributed by atoms with E-state index in [2.05, 4.69) is 25.7 Å². The van der Waals surface area contributed by atoms with E-state index in [9.17, 15) is 4.79 Å². The summed E-state index contributed by atoms with van der Waals surface area (Å²) >= 11 is 0. The monoisotopic (exact) mass is 326 g/mol. The Kier molecular flexibility index (Phi) is 3.73. The van der Waals surface area contributed by atoms with Crippen LogP contribution >= 0.6 is 0 Å². The smallest absolute Gasteiger partial charge is 0.251 e. The van der Waals surface area contributed by atoms with E-state index in [1.54, 1.807) is 24.5 Å². The Morgan fingerprint density at radius 3 is 3.08 bits per heavy atom. The van der Waals surface area contributed by atoms with Crippen LogP contribution in [0, 0.1) is 0 Å². The summed E-state index contributed by atoms with van der Waals surface area (Å²) in [5.74, 6) is -0.101. The van der Waals surface area contributed by atoms with Crippen molar-refractivity contribution in [3.63, 3.8) is 0 Å². The van der Waals surface area contributed by atoms with Crippen molar-refractivity contribution in [2.75, 3.05) is 6.61 Å². The molecule has 2 aromatic heterocycles. The van der Waals surface area contributed by atoms with E-state index in [4.69, 9.17) is 4.74 Å². The molecule has 0 saturated carbocycles. The van der Waals surface area contributed by atoms with E-state index in [-0.39, 0.29) is 18.1 Å². The Morgan fingerprint density at radius 2 is 2.25 bits per heavy atom. The number of imidazole rings is 1. The Balaban J connectivity index is 1.46. The Hall–Kier alpha value is -2.74. The molecule has 3 heterocycles. The molecule has 8 nitrogen and oxygen atoms in total. The van der Waals surface area contributed by atoms with Crippen molar-refractivity contribution in [2.45, 2.75) is 25.0 Å². The van der Waals surface area contributed by atoms with Crippen molar-refractivity contribution in [2.24, 2.45) is 7.05 Å². The summed E-state index contributed by atoms with van der Waals surface area (Å²) in [6, 6.07) is 5.36. The minimum Gasteiger partial charge on any atom is -0.372 e. The van der Waals surface area contributed by atoms with Crippen LogP contribution in [0.5, 0.6) is 0 Å². The van der Waals surface area contributed by atoms with Crippen LogP contribution in [0.15, 0.2) is 30.7 Å². The van der Waals surface area contributed by atoms with Crippen molar-refractivity contribution in [1.82, 2.24) is 30.3 Å². The van der Waals surface area contributed by atoms with Crippen LogP contribution < -0.4 is 5.32 Å². The number of aromatic amines is 1. The van der Waals surface area contributed by atoms with Crippen molar-refractivity contribution >= 4 is 16.9 Å². The number of nitrogens with zero attached hydrogens (tertiary/aromatic N) is 4. The molecule has 1 saturated heterocycles. The fourth-order valence-electron chi connectivity index (χ4n) is 3.06. The molecule has 0 radical (unpaired) electrons. The van der Waals surface area contributed by atoms with Crippen molar-refractivity contribution in [1.29, 1.82) is 0 Å². The fraction of sp³-hybridized carbons (Fsp3) is 0.375. The van der Waals surface area contributed by atoms with E-state index in [1.807, 2.05) is 17.8 Å².